The SMILES string of the molecule is CCCCOC(=O)CC(CCl)OC(C)=O. The molecule has 0 rings (SSSR count). The number of alkyl halides is 1. The largest absolute Gasteiger partial charge is 0.466 e. The minimum absolute atomic E-state index is 0.0206. The molecule has 0 fully saturated rings. The molecular formula is C10H17ClO4. The first kappa shape index (κ1) is 14.2. The van der Waals surface area contributed by atoms with Crippen molar-refractivity contribution < 1.29 is 19.1 Å². The molecule has 15 heavy (non-hydrogen) atoms. The van der Waals surface area contributed by atoms with Crippen LogP contribution in [0.15, 0.2) is 0 Å². The van der Waals surface area contributed by atoms with E-state index in [1.165, 1.54) is 6.92 Å². The van der Waals surface area contributed by atoms with Crippen molar-refractivity contribution in [2.45, 2.75) is 39.2 Å². The normalized spacial score (nSPS) is 11.9. The number of carbonyl (C=O) groups is 2. The van der Waals surface area contributed by atoms with Crippen molar-refractivity contribution >= 4 is 23.5 Å². The van der Waals surface area contributed by atoms with Crippen LogP contribution in [-0.2, 0) is 19.1 Å². The fourth-order valence-electron chi connectivity index (χ4n) is 0.938. The standard InChI is InChI=1S/C10H17ClO4/c1-3-4-5-14-10(13)6-9(7-11)15-8(2)12/h9H,3-7H2,1-2H3. The summed E-state index contributed by atoms with van der Waals surface area (Å²) in [5.41, 5.74) is 0. The fourth-order valence-corrected chi connectivity index (χ4v) is 1.11. The van der Waals surface area contributed by atoms with Crippen LogP contribution in [0.1, 0.15) is 33.1 Å². The quantitative estimate of drug-likeness (QED) is 0.385. The van der Waals surface area contributed by atoms with Gasteiger partial charge in [0.2, 0.25) is 0 Å². The molecule has 0 amide bonds. The highest BCUT2D eigenvalue weighted by Crippen LogP contribution is 2.04. The van der Waals surface area contributed by atoms with Crippen molar-refractivity contribution in [2.75, 3.05) is 12.5 Å². The van der Waals surface area contributed by atoms with Crippen molar-refractivity contribution in [2.24, 2.45) is 0 Å². The Labute approximate surface area is 94.9 Å². The molecule has 88 valence electrons. The van der Waals surface area contributed by atoms with E-state index in [4.69, 9.17) is 21.1 Å². The second-order valence-corrected chi connectivity index (χ2v) is 3.47. The fraction of sp³-hybridized carbons (Fsp3) is 0.800. The third-order valence-electron chi connectivity index (χ3n) is 1.66. The van der Waals surface area contributed by atoms with Crippen molar-refractivity contribution in [3.8, 4) is 0 Å². The molecule has 0 aliphatic heterocycles. The predicted molar refractivity (Wildman–Crippen MR) is 56.8 cm³/mol. The zero-order valence-corrected chi connectivity index (χ0v) is 9.88. The van der Waals surface area contributed by atoms with Gasteiger partial charge in [-0.05, 0) is 6.42 Å². The van der Waals surface area contributed by atoms with E-state index in [1.807, 2.05) is 6.92 Å². The summed E-state index contributed by atoms with van der Waals surface area (Å²) in [4.78, 5) is 21.8. The number of unbranched alkanes of at least 4 members (excludes halogenated alkanes) is 1. The van der Waals surface area contributed by atoms with E-state index in [0.29, 0.717) is 6.61 Å². The van der Waals surface area contributed by atoms with Gasteiger partial charge < -0.3 is 9.47 Å². The van der Waals surface area contributed by atoms with E-state index in [1.54, 1.807) is 0 Å². The van der Waals surface area contributed by atoms with Crippen LogP contribution < -0.4 is 0 Å². The van der Waals surface area contributed by atoms with Crippen molar-refractivity contribution in [1.29, 1.82) is 0 Å². The maximum absolute atomic E-state index is 11.2. The second kappa shape index (κ2) is 8.53. The lowest BCUT2D eigenvalue weighted by Gasteiger charge is -2.13. The van der Waals surface area contributed by atoms with E-state index in [0.717, 1.165) is 12.8 Å². The van der Waals surface area contributed by atoms with Crippen molar-refractivity contribution in [1.82, 2.24) is 0 Å². The summed E-state index contributed by atoms with van der Waals surface area (Å²) in [6.07, 6.45) is 1.24. The maximum Gasteiger partial charge on any atom is 0.309 e. The van der Waals surface area contributed by atoms with Gasteiger partial charge in [-0.3, -0.25) is 9.59 Å². The van der Waals surface area contributed by atoms with Crippen LogP contribution in [0.4, 0.5) is 0 Å². The van der Waals surface area contributed by atoms with Crippen LogP contribution in [0, 0.1) is 0 Å². The zero-order valence-electron chi connectivity index (χ0n) is 9.12. The Bertz CT molecular complexity index is 206. The molecule has 0 heterocycles. The molecule has 5 heteroatoms. The van der Waals surface area contributed by atoms with Crippen LogP contribution in [0.2, 0.25) is 0 Å². The number of hydrogen-bond acceptors (Lipinski definition) is 4. The molecule has 0 aliphatic rings. The van der Waals surface area contributed by atoms with Gasteiger partial charge in [0.25, 0.3) is 0 Å². The van der Waals surface area contributed by atoms with Gasteiger partial charge in [-0.15, -0.1) is 11.6 Å². The minimum atomic E-state index is -0.585. The van der Waals surface area contributed by atoms with E-state index in [-0.39, 0.29) is 18.3 Å². The summed E-state index contributed by atoms with van der Waals surface area (Å²) in [7, 11) is 0. The monoisotopic (exact) mass is 236 g/mol. The van der Waals surface area contributed by atoms with Gasteiger partial charge in [0.15, 0.2) is 0 Å². The molecule has 0 saturated heterocycles. The highest BCUT2D eigenvalue weighted by atomic mass is 35.5. The van der Waals surface area contributed by atoms with Gasteiger partial charge >= 0.3 is 11.9 Å². The Kier molecular flexibility index (Phi) is 8.09. The van der Waals surface area contributed by atoms with E-state index in [9.17, 15) is 9.59 Å². The predicted octanol–water partition coefficient (Wildman–Crippen LogP) is 1.89. The molecule has 0 aromatic carbocycles. The third kappa shape index (κ3) is 8.24. The van der Waals surface area contributed by atoms with Crippen molar-refractivity contribution in [3.05, 3.63) is 0 Å². The molecule has 1 atom stereocenters. The van der Waals surface area contributed by atoms with Crippen LogP contribution in [0.5, 0.6) is 0 Å². The van der Waals surface area contributed by atoms with Gasteiger partial charge in [-0.2, -0.15) is 0 Å². The summed E-state index contributed by atoms with van der Waals surface area (Å²) < 4.78 is 9.71. The van der Waals surface area contributed by atoms with E-state index in [2.05, 4.69) is 0 Å². The van der Waals surface area contributed by atoms with Gasteiger partial charge in [0.1, 0.15) is 6.10 Å². The minimum Gasteiger partial charge on any atom is -0.466 e. The summed E-state index contributed by atoms with van der Waals surface area (Å²) in [6, 6.07) is 0. The molecule has 0 N–H and O–H groups in total. The lowest BCUT2D eigenvalue weighted by Crippen LogP contribution is -2.23. The third-order valence-corrected chi connectivity index (χ3v) is 2.00. The van der Waals surface area contributed by atoms with Crippen LogP contribution in [-0.4, -0.2) is 30.5 Å². The molecule has 0 saturated carbocycles. The second-order valence-electron chi connectivity index (χ2n) is 3.16. The summed E-state index contributed by atoms with van der Waals surface area (Å²) in [5, 5.41) is 0. The Balaban J connectivity index is 3.75. The smallest absolute Gasteiger partial charge is 0.309 e. The number of halogens is 1. The Morgan fingerprint density at radius 3 is 2.53 bits per heavy atom. The Morgan fingerprint density at radius 2 is 2.07 bits per heavy atom. The van der Waals surface area contributed by atoms with Gasteiger partial charge in [0, 0.05) is 6.92 Å². The molecule has 0 aromatic heterocycles. The Morgan fingerprint density at radius 1 is 1.40 bits per heavy atom. The number of rotatable bonds is 7. The number of carbonyl (C=O) groups excluding carboxylic acids is 2. The summed E-state index contributed by atoms with van der Waals surface area (Å²) in [5.74, 6) is -0.722. The van der Waals surface area contributed by atoms with Crippen LogP contribution in [0.25, 0.3) is 0 Å². The topological polar surface area (TPSA) is 52.6 Å². The number of hydrogen-bond donors (Lipinski definition) is 0. The van der Waals surface area contributed by atoms with Crippen molar-refractivity contribution in [3.63, 3.8) is 0 Å². The van der Waals surface area contributed by atoms with Gasteiger partial charge in [0.05, 0.1) is 18.9 Å². The Hall–Kier alpha value is -0.770. The molecular weight excluding hydrogens is 220 g/mol. The lowest BCUT2D eigenvalue weighted by molar-refractivity contribution is -0.152. The average molecular weight is 237 g/mol. The molecule has 0 aliphatic carbocycles. The zero-order chi connectivity index (χ0) is 11.7. The molecule has 4 nitrogen and oxygen atoms in total. The lowest BCUT2D eigenvalue weighted by atomic mass is 10.3. The summed E-state index contributed by atoms with van der Waals surface area (Å²) in [6.45, 7) is 3.70. The maximum atomic E-state index is 11.2. The first-order valence-electron chi connectivity index (χ1n) is 4.99. The number of ether oxygens (including phenoxy) is 2. The van der Waals surface area contributed by atoms with Crippen LogP contribution in [0.3, 0.4) is 0 Å². The van der Waals surface area contributed by atoms with Gasteiger partial charge in [-0.1, -0.05) is 13.3 Å². The molecule has 0 aromatic rings. The van der Waals surface area contributed by atoms with E-state index >= 15 is 0 Å². The average Bonchev–Trinajstić information content (AvgIpc) is 2.16. The molecule has 0 radical (unpaired) electrons. The first-order valence-corrected chi connectivity index (χ1v) is 5.52. The first-order chi connectivity index (χ1) is 7.10. The van der Waals surface area contributed by atoms with Crippen LogP contribution >= 0.6 is 11.6 Å². The highest BCUT2D eigenvalue weighted by molar-refractivity contribution is 6.18. The number of esters is 2. The van der Waals surface area contributed by atoms with Gasteiger partial charge in [-0.25, -0.2) is 0 Å². The summed E-state index contributed by atoms with van der Waals surface area (Å²) >= 11 is 5.53. The molecule has 0 spiro atoms. The van der Waals surface area contributed by atoms with E-state index < -0.39 is 12.1 Å². The highest BCUT2D eigenvalue weighted by Gasteiger charge is 2.16. The molecule has 0 bridgehead atoms. The molecule has 1 unspecified atom stereocenters.